The first-order valence-corrected chi connectivity index (χ1v) is 9.47. The lowest BCUT2D eigenvalue weighted by Crippen LogP contribution is -2.54. The molecule has 5 heteroatoms. The van der Waals surface area contributed by atoms with Gasteiger partial charge in [0.2, 0.25) is 0 Å². The maximum Gasteiger partial charge on any atom is 0.308 e. The van der Waals surface area contributed by atoms with Crippen molar-refractivity contribution >= 4 is 11.9 Å². The van der Waals surface area contributed by atoms with Crippen LogP contribution in [0, 0.1) is 23.2 Å². The van der Waals surface area contributed by atoms with E-state index in [2.05, 4.69) is 26.8 Å². The van der Waals surface area contributed by atoms with E-state index in [1.54, 1.807) is 6.07 Å². The van der Waals surface area contributed by atoms with E-state index >= 15 is 0 Å². The number of ether oxygens (including phenoxy) is 3. The van der Waals surface area contributed by atoms with E-state index in [0.717, 1.165) is 5.56 Å². The number of esters is 2. The molecule has 2 aliphatic rings. The molecule has 146 valence electrons. The molecule has 27 heavy (non-hydrogen) atoms. The second kappa shape index (κ2) is 7.47. The standard InChI is InChI=1S/C22H28O5/c1-13-10-14(2)22(11-25-16(4)23)12-26-21(20(13)15(22)3)18-8-6-7-9-19(18)27-17(5)24/h6-10,14-15,20-21H,11-12H2,1-5H3/t14-,15-,20-,21-,22+/m0/s1. The van der Waals surface area contributed by atoms with Gasteiger partial charge in [-0.3, -0.25) is 9.59 Å². The summed E-state index contributed by atoms with van der Waals surface area (Å²) in [5.41, 5.74) is 1.90. The van der Waals surface area contributed by atoms with Crippen molar-refractivity contribution in [3.63, 3.8) is 0 Å². The van der Waals surface area contributed by atoms with Crippen LogP contribution in [0.4, 0.5) is 0 Å². The summed E-state index contributed by atoms with van der Waals surface area (Å²) in [5, 5.41) is 0. The van der Waals surface area contributed by atoms with Gasteiger partial charge in [0.05, 0.1) is 19.3 Å². The second-order valence-electron chi connectivity index (χ2n) is 7.89. The largest absolute Gasteiger partial charge is 0.465 e. The predicted octanol–water partition coefficient (Wildman–Crippen LogP) is 4.08. The molecule has 1 heterocycles. The van der Waals surface area contributed by atoms with Crippen LogP contribution in [0.5, 0.6) is 5.75 Å². The second-order valence-corrected chi connectivity index (χ2v) is 7.89. The molecule has 1 saturated heterocycles. The molecule has 1 aliphatic heterocycles. The number of carbonyl (C=O) groups is 2. The molecule has 5 nitrogen and oxygen atoms in total. The molecule has 3 rings (SSSR count). The highest BCUT2D eigenvalue weighted by Gasteiger charge is 2.54. The van der Waals surface area contributed by atoms with Crippen molar-refractivity contribution in [1.29, 1.82) is 0 Å². The van der Waals surface area contributed by atoms with Gasteiger partial charge in [0.15, 0.2) is 0 Å². The molecule has 2 bridgehead atoms. The van der Waals surface area contributed by atoms with Crippen LogP contribution in [-0.2, 0) is 19.1 Å². The Balaban J connectivity index is 1.98. The third-order valence-corrected chi connectivity index (χ3v) is 6.27. The van der Waals surface area contributed by atoms with Crippen LogP contribution in [0.2, 0.25) is 0 Å². The van der Waals surface area contributed by atoms with Crippen molar-refractivity contribution in [3.05, 3.63) is 41.5 Å². The summed E-state index contributed by atoms with van der Waals surface area (Å²) < 4.78 is 17.2. The van der Waals surface area contributed by atoms with Gasteiger partial charge in [0.1, 0.15) is 5.75 Å². The number of fused-ring (bicyclic) bond motifs is 2. The zero-order valence-electron chi connectivity index (χ0n) is 16.7. The van der Waals surface area contributed by atoms with Gasteiger partial charge in [0, 0.05) is 30.7 Å². The lowest BCUT2D eigenvalue weighted by atomic mass is 9.56. The van der Waals surface area contributed by atoms with E-state index in [1.165, 1.54) is 19.4 Å². The molecular formula is C22H28O5. The van der Waals surface area contributed by atoms with Crippen molar-refractivity contribution in [2.45, 2.75) is 40.7 Å². The van der Waals surface area contributed by atoms with Gasteiger partial charge in [-0.25, -0.2) is 0 Å². The van der Waals surface area contributed by atoms with Crippen LogP contribution in [0.15, 0.2) is 35.9 Å². The van der Waals surface area contributed by atoms with Crippen molar-refractivity contribution in [2.75, 3.05) is 13.2 Å². The van der Waals surface area contributed by atoms with Crippen LogP contribution >= 0.6 is 0 Å². The van der Waals surface area contributed by atoms with Crippen LogP contribution in [0.1, 0.15) is 46.3 Å². The van der Waals surface area contributed by atoms with Gasteiger partial charge in [-0.2, -0.15) is 0 Å². The molecule has 0 radical (unpaired) electrons. The summed E-state index contributed by atoms with van der Waals surface area (Å²) in [6.45, 7) is 10.2. The minimum atomic E-state index is -0.347. The molecule has 0 unspecified atom stereocenters. The average molecular weight is 372 g/mol. The van der Waals surface area contributed by atoms with E-state index in [1.807, 2.05) is 18.2 Å². The minimum Gasteiger partial charge on any atom is -0.465 e. The van der Waals surface area contributed by atoms with Crippen molar-refractivity contribution in [2.24, 2.45) is 23.2 Å². The fourth-order valence-corrected chi connectivity index (χ4v) is 4.74. The normalized spacial score (nSPS) is 32.4. The highest BCUT2D eigenvalue weighted by molar-refractivity contribution is 5.70. The molecule has 5 atom stereocenters. The SMILES string of the molecule is CC(=O)OC[C@@]12CO[C@@H](c3ccccc3OC(C)=O)[C@@H](C(C)=C[C@@H]1C)[C@@H]2C. The minimum absolute atomic E-state index is 0.127. The highest BCUT2D eigenvalue weighted by Crippen LogP contribution is 2.57. The predicted molar refractivity (Wildman–Crippen MR) is 101 cm³/mol. The fraction of sp³-hybridized carbons (Fsp3) is 0.545. The van der Waals surface area contributed by atoms with Crippen LogP contribution in [-0.4, -0.2) is 25.2 Å². The van der Waals surface area contributed by atoms with E-state index in [0.29, 0.717) is 19.0 Å². The Kier molecular flexibility index (Phi) is 5.43. The number of allylic oxidation sites excluding steroid dienone is 1. The summed E-state index contributed by atoms with van der Waals surface area (Å²) in [5.74, 6) is 0.547. The number of carbonyl (C=O) groups excluding carboxylic acids is 2. The molecule has 1 aromatic rings. The molecular weight excluding hydrogens is 344 g/mol. The van der Waals surface area contributed by atoms with E-state index in [4.69, 9.17) is 14.2 Å². The zero-order valence-corrected chi connectivity index (χ0v) is 16.7. The molecule has 1 aliphatic carbocycles. The number of benzene rings is 1. The van der Waals surface area contributed by atoms with Gasteiger partial charge < -0.3 is 14.2 Å². The lowest BCUT2D eigenvalue weighted by Gasteiger charge is -2.55. The van der Waals surface area contributed by atoms with E-state index in [-0.39, 0.29) is 41.2 Å². The maximum absolute atomic E-state index is 11.5. The zero-order chi connectivity index (χ0) is 19.8. The maximum atomic E-state index is 11.5. The molecule has 1 aromatic carbocycles. The van der Waals surface area contributed by atoms with Crippen molar-refractivity contribution in [1.82, 2.24) is 0 Å². The number of para-hydroxylation sites is 1. The number of rotatable bonds is 4. The molecule has 0 spiro atoms. The van der Waals surface area contributed by atoms with Crippen LogP contribution in [0.3, 0.4) is 0 Å². The summed E-state index contributed by atoms with van der Waals surface area (Å²) in [7, 11) is 0. The third kappa shape index (κ3) is 3.53. The quantitative estimate of drug-likeness (QED) is 0.453. The van der Waals surface area contributed by atoms with Crippen molar-refractivity contribution < 1.29 is 23.8 Å². The monoisotopic (exact) mass is 372 g/mol. The summed E-state index contributed by atoms with van der Waals surface area (Å²) in [6.07, 6.45) is 2.07. The van der Waals surface area contributed by atoms with Crippen LogP contribution < -0.4 is 4.74 Å². The van der Waals surface area contributed by atoms with E-state index in [9.17, 15) is 9.59 Å². The highest BCUT2D eigenvalue weighted by atomic mass is 16.5. The first-order valence-electron chi connectivity index (χ1n) is 9.47. The van der Waals surface area contributed by atoms with E-state index < -0.39 is 0 Å². The first kappa shape index (κ1) is 19.6. The van der Waals surface area contributed by atoms with Crippen LogP contribution in [0.25, 0.3) is 0 Å². The average Bonchev–Trinajstić information content (AvgIpc) is 2.59. The van der Waals surface area contributed by atoms with Gasteiger partial charge >= 0.3 is 11.9 Å². The Morgan fingerprint density at radius 2 is 1.89 bits per heavy atom. The summed E-state index contributed by atoms with van der Waals surface area (Å²) in [6, 6.07) is 7.54. The Labute approximate surface area is 160 Å². The number of hydrogen-bond acceptors (Lipinski definition) is 5. The number of hydrogen-bond donors (Lipinski definition) is 0. The Hall–Kier alpha value is -2.14. The summed E-state index contributed by atoms with van der Waals surface area (Å²) in [4.78, 5) is 22.9. The first-order chi connectivity index (χ1) is 12.8. The van der Waals surface area contributed by atoms with Gasteiger partial charge in [-0.05, 0) is 24.8 Å². The molecule has 1 fully saturated rings. The van der Waals surface area contributed by atoms with Gasteiger partial charge in [0.25, 0.3) is 0 Å². The van der Waals surface area contributed by atoms with Crippen molar-refractivity contribution in [3.8, 4) is 5.75 Å². The Morgan fingerprint density at radius 1 is 1.19 bits per heavy atom. The summed E-state index contributed by atoms with van der Waals surface area (Å²) >= 11 is 0. The van der Waals surface area contributed by atoms with Gasteiger partial charge in [-0.15, -0.1) is 0 Å². The van der Waals surface area contributed by atoms with Gasteiger partial charge in [-0.1, -0.05) is 43.7 Å². The fourth-order valence-electron chi connectivity index (χ4n) is 4.74. The molecule has 0 N–H and O–H groups in total. The smallest absolute Gasteiger partial charge is 0.308 e. The Bertz CT molecular complexity index is 768. The third-order valence-electron chi connectivity index (χ3n) is 6.27. The molecule has 0 aromatic heterocycles. The Morgan fingerprint density at radius 3 is 2.56 bits per heavy atom. The molecule has 0 amide bonds. The molecule has 0 saturated carbocycles. The topological polar surface area (TPSA) is 61.8 Å². The lowest BCUT2D eigenvalue weighted by molar-refractivity contribution is -0.180.